The van der Waals surface area contributed by atoms with Crippen LogP contribution < -0.4 is 5.32 Å². The van der Waals surface area contributed by atoms with Crippen LogP contribution in [0.1, 0.15) is 26.7 Å². The summed E-state index contributed by atoms with van der Waals surface area (Å²) in [7, 11) is 0. The highest BCUT2D eigenvalue weighted by Crippen LogP contribution is 2.24. The van der Waals surface area contributed by atoms with Crippen LogP contribution in [0.4, 0.5) is 0 Å². The van der Waals surface area contributed by atoms with Gasteiger partial charge in [-0.05, 0) is 50.0 Å². The van der Waals surface area contributed by atoms with Gasteiger partial charge in [0.2, 0.25) is 0 Å². The maximum atomic E-state index is 3.89. The molecule has 0 saturated carbocycles. The first kappa shape index (κ1) is 13.3. The van der Waals surface area contributed by atoms with Gasteiger partial charge in [0.1, 0.15) is 0 Å². The maximum Gasteiger partial charge on any atom is 0.0413 e. The molecule has 1 rings (SSSR count). The summed E-state index contributed by atoms with van der Waals surface area (Å²) in [5, 5.41) is 3.46. The molecule has 0 atom stereocenters. The monoisotopic (exact) mass is 227 g/mol. The van der Waals surface area contributed by atoms with Crippen LogP contribution in [0.3, 0.4) is 0 Å². The topological polar surface area (TPSA) is 12.0 Å². The minimum atomic E-state index is 0.999. The molecule has 1 aliphatic heterocycles. The first-order valence-electron chi connectivity index (χ1n) is 6.00. The van der Waals surface area contributed by atoms with Gasteiger partial charge in [-0.1, -0.05) is 37.5 Å². The van der Waals surface area contributed by atoms with E-state index in [1.54, 1.807) is 0 Å². The number of hydrogen-bond acceptors (Lipinski definition) is 1. The van der Waals surface area contributed by atoms with Crippen LogP contribution in [0.25, 0.3) is 0 Å². The molecule has 1 aliphatic rings. The molecule has 0 fully saturated rings. The second-order valence-electron chi connectivity index (χ2n) is 3.91. The lowest BCUT2D eigenvalue weighted by molar-refractivity contribution is 0.971. The Morgan fingerprint density at radius 2 is 1.29 bits per heavy atom. The Balaban J connectivity index is 3.17. The number of nitrogens with one attached hydrogen (secondary N) is 1. The fourth-order valence-corrected chi connectivity index (χ4v) is 1.90. The van der Waals surface area contributed by atoms with Crippen molar-refractivity contribution in [2.75, 3.05) is 0 Å². The van der Waals surface area contributed by atoms with E-state index < -0.39 is 0 Å². The fourth-order valence-electron chi connectivity index (χ4n) is 1.90. The summed E-state index contributed by atoms with van der Waals surface area (Å²) < 4.78 is 0. The van der Waals surface area contributed by atoms with Crippen LogP contribution >= 0.6 is 0 Å². The molecule has 0 saturated heterocycles. The molecule has 0 amide bonds. The highest BCUT2D eigenvalue weighted by molar-refractivity contribution is 5.42. The molecule has 0 aliphatic carbocycles. The van der Waals surface area contributed by atoms with Crippen LogP contribution in [-0.2, 0) is 0 Å². The van der Waals surface area contributed by atoms with Gasteiger partial charge >= 0.3 is 0 Å². The number of allylic oxidation sites excluding steroid dienone is 8. The summed E-state index contributed by atoms with van der Waals surface area (Å²) in [6.07, 6.45) is 14.1. The normalized spacial score (nSPS) is 17.5. The second kappa shape index (κ2) is 6.74. The minimum Gasteiger partial charge on any atom is -0.355 e. The van der Waals surface area contributed by atoms with Crippen LogP contribution in [0.5, 0.6) is 0 Å². The molecule has 0 spiro atoms. The van der Waals surface area contributed by atoms with Crippen molar-refractivity contribution >= 4 is 0 Å². The zero-order valence-corrected chi connectivity index (χ0v) is 10.8. The third-order valence-corrected chi connectivity index (χ3v) is 2.78. The largest absolute Gasteiger partial charge is 0.355 e. The van der Waals surface area contributed by atoms with Crippen molar-refractivity contribution in [3.05, 3.63) is 72.2 Å². The van der Waals surface area contributed by atoms with Crippen LogP contribution in [0, 0.1) is 0 Å². The Morgan fingerprint density at radius 3 is 1.59 bits per heavy atom. The first-order valence-corrected chi connectivity index (χ1v) is 6.00. The van der Waals surface area contributed by atoms with Crippen molar-refractivity contribution in [1.29, 1.82) is 0 Å². The lowest BCUT2D eigenvalue weighted by Gasteiger charge is -2.10. The molecule has 17 heavy (non-hydrogen) atoms. The first-order chi connectivity index (χ1) is 8.26. The van der Waals surface area contributed by atoms with E-state index in [0.29, 0.717) is 0 Å². The predicted octanol–water partition coefficient (Wildman–Crippen LogP) is 4.40. The average Bonchev–Trinajstić information content (AvgIpc) is 2.49. The third-order valence-electron chi connectivity index (χ3n) is 2.78. The van der Waals surface area contributed by atoms with E-state index in [4.69, 9.17) is 0 Å². The molecule has 1 heterocycles. The van der Waals surface area contributed by atoms with Crippen LogP contribution in [0.2, 0.25) is 0 Å². The quantitative estimate of drug-likeness (QED) is 0.750. The lowest BCUT2D eigenvalue weighted by atomic mass is 10.0. The van der Waals surface area contributed by atoms with E-state index in [2.05, 4.69) is 30.6 Å². The molecule has 1 N–H and O–H groups in total. The SMILES string of the molecule is C=CC1=C(/C=C\C)NC(/C=C\C)=C(C=C)CC1. The highest BCUT2D eigenvalue weighted by Gasteiger charge is 2.11. The van der Waals surface area contributed by atoms with Crippen molar-refractivity contribution < 1.29 is 0 Å². The Morgan fingerprint density at radius 1 is 0.882 bits per heavy atom. The van der Waals surface area contributed by atoms with E-state index in [0.717, 1.165) is 24.2 Å². The summed E-state index contributed by atoms with van der Waals surface area (Å²) in [6, 6.07) is 0. The molecule has 1 heteroatoms. The van der Waals surface area contributed by atoms with Gasteiger partial charge in [0.05, 0.1) is 0 Å². The van der Waals surface area contributed by atoms with Crippen LogP contribution in [-0.4, -0.2) is 0 Å². The Hall–Kier alpha value is -1.76. The Kier molecular flexibility index (Phi) is 5.28. The van der Waals surface area contributed by atoms with Gasteiger partial charge in [-0.3, -0.25) is 0 Å². The standard InChI is InChI=1S/C16H21N/c1-5-9-15-13(7-3)11-12-14(8-4)16(17-15)10-6-2/h5-10,17H,3-4,11-12H2,1-2H3/b9-5-,10-6-. The van der Waals surface area contributed by atoms with Crippen molar-refractivity contribution in [2.24, 2.45) is 0 Å². The third kappa shape index (κ3) is 3.35. The van der Waals surface area contributed by atoms with Gasteiger partial charge in [0.25, 0.3) is 0 Å². The van der Waals surface area contributed by atoms with E-state index in [-0.39, 0.29) is 0 Å². The van der Waals surface area contributed by atoms with Crippen molar-refractivity contribution in [2.45, 2.75) is 26.7 Å². The Labute approximate surface area is 105 Å². The Bertz CT molecular complexity index is 377. The second-order valence-corrected chi connectivity index (χ2v) is 3.91. The predicted molar refractivity (Wildman–Crippen MR) is 76.4 cm³/mol. The summed E-state index contributed by atoms with van der Waals surface area (Å²) in [4.78, 5) is 0. The maximum absolute atomic E-state index is 3.89. The van der Waals surface area contributed by atoms with Crippen molar-refractivity contribution in [3.63, 3.8) is 0 Å². The van der Waals surface area contributed by atoms with Gasteiger partial charge < -0.3 is 5.32 Å². The minimum absolute atomic E-state index is 0.999. The summed E-state index contributed by atoms with van der Waals surface area (Å²) in [5.41, 5.74) is 4.77. The molecule has 0 aromatic rings. The van der Waals surface area contributed by atoms with Crippen LogP contribution in [0.15, 0.2) is 72.2 Å². The molecule has 0 aromatic carbocycles. The van der Waals surface area contributed by atoms with Gasteiger partial charge in [0.15, 0.2) is 0 Å². The van der Waals surface area contributed by atoms with Gasteiger partial charge in [0, 0.05) is 11.4 Å². The smallest absolute Gasteiger partial charge is 0.0413 e. The van der Waals surface area contributed by atoms with E-state index in [1.165, 1.54) is 11.1 Å². The van der Waals surface area contributed by atoms with Gasteiger partial charge in [-0.15, -0.1) is 0 Å². The summed E-state index contributed by atoms with van der Waals surface area (Å²) in [5.74, 6) is 0. The lowest BCUT2D eigenvalue weighted by Crippen LogP contribution is -2.11. The summed E-state index contributed by atoms with van der Waals surface area (Å²) >= 11 is 0. The highest BCUT2D eigenvalue weighted by atomic mass is 14.9. The molecule has 90 valence electrons. The molecular weight excluding hydrogens is 206 g/mol. The molecule has 0 aromatic heterocycles. The average molecular weight is 227 g/mol. The molecule has 0 unspecified atom stereocenters. The van der Waals surface area contributed by atoms with Crippen molar-refractivity contribution in [3.8, 4) is 0 Å². The fraction of sp³-hybridized carbons (Fsp3) is 0.250. The number of rotatable bonds is 4. The van der Waals surface area contributed by atoms with E-state index >= 15 is 0 Å². The summed E-state index contributed by atoms with van der Waals surface area (Å²) in [6.45, 7) is 11.8. The van der Waals surface area contributed by atoms with Crippen molar-refractivity contribution in [1.82, 2.24) is 5.32 Å². The molecule has 0 bridgehead atoms. The van der Waals surface area contributed by atoms with E-state index in [9.17, 15) is 0 Å². The molecular formula is C16H21N. The number of hydrogen-bond donors (Lipinski definition) is 1. The zero-order valence-electron chi connectivity index (χ0n) is 10.8. The van der Waals surface area contributed by atoms with E-state index in [1.807, 2.05) is 38.2 Å². The zero-order chi connectivity index (χ0) is 12.7. The van der Waals surface area contributed by atoms with Gasteiger partial charge in [-0.2, -0.15) is 0 Å². The molecule has 0 radical (unpaired) electrons. The van der Waals surface area contributed by atoms with Gasteiger partial charge in [-0.25, -0.2) is 0 Å². The molecule has 1 nitrogen and oxygen atoms in total.